The minimum atomic E-state index is -0.483. The molecule has 3 nitrogen and oxygen atoms in total. The van der Waals surface area contributed by atoms with Gasteiger partial charge >= 0.3 is 0 Å². The molecule has 0 saturated heterocycles. The van der Waals surface area contributed by atoms with Crippen LogP contribution in [0.25, 0.3) is 10.9 Å². The van der Waals surface area contributed by atoms with Crippen LogP contribution in [0.3, 0.4) is 0 Å². The van der Waals surface area contributed by atoms with Crippen LogP contribution in [-0.2, 0) is 0 Å². The number of nitrogens with two attached hydrogens (primary N) is 1. The Morgan fingerprint density at radius 3 is 2.71 bits per heavy atom. The normalized spacial score (nSPS) is 11.0. The largest absolute Gasteiger partial charge is 0.399 e. The Morgan fingerprint density at radius 2 is 1.95 bits per heavy atom. The zero-order valence-electron chi connectivity index (χ0n) is 10.6. The highest BCUT2D eigenvalue weighted by Crippen LogP contribution is 2.32. The molecule has 3 rings (SSSR count). The first-order chi connectivity index (χ1) is 9.99. The third-order valence-electron chi connectivity index (χ3n) is 3.19. The number of carbonyl (C=O) groups excluding carboxylic acids is 1. The fraction of sp³-hybridized carbons (Fsp3) is 0. The fourth-order valence-electron chi connectivity index (χ4n) is 2.24. The summed E-state index contributed by atoms with van der Waals surface area (Å²) in [6.07, 6.45) is 1.45. The number of benzene rings is 2. The molecule has 0 atom stereocenters. The lowest BCUT2D eigenvalue weighted by molar-refractivity contribution is 0.104. The number of rotatable bonds is 2. The van der Waals surface area contributed by atoms with E-state index in [-0.39, 0.29) is 26.6 Å². The maximum atomic E-state index is 14.0. The maximum Gasteiger partial charge on any atom is 0.196 e. The number of hydrogen-bond acceptors (Lipinski definition) is 2. The van der Waals surface area contributed by atoms with Crippen molar-refractivity contribution in [2.45, 2.75) is 0 Å². The minimum Gasteiger partial charge on any atom is -0.399 e. The van der Waals surface area contributed by atoms with Crippen LogP contribution in [0.4, 0.5) is 10.1 Å². The third-order valence-corrected chi connectivity index (χ3v) is 4.00. The van der Waals surface area contributed by atoms with E-state index in [1.165, 1.54) is 24.4 Å². The molecule has 106 valence electrons. The highest BCUT2D eigenvalue weighted by atomic mass is 35.5. The van der Waals surface area contributed by atoms with E-state index in [0.29, 0.717) is 11.2 Å². The first-order valence-electron chi connectivity index (χ1n) is 6.04. The standard InChI is InChI=1S/C15H9Cl2FN2O/c16-10-5-7(19)4-8(14(10)17)15(21)9-6-20-12-3-1-2-11(18)13(9)12/h1-6,20H,19H2. The van der Waals surface area contributed by atoms with Gasteiger partial charge in [0.25, 0.3) is 0 Å². The highest BCUT2D eigenvalue weighted by Gasteiger charge is 2.20. The number of hydrogen-bond donors (Lipinski definition) is 2. The molecule has 21 heavy (non-hydrogen) atoms. The molecule has 0 bridgehead atoms. The van der Waals surface area contributed by atoms with Crippen molar-refractivity contribution in [2.24, 2.45) is 0 Å². The summed E-state index contributed by atoms with van der Waals surface area (Å²) in [7, 11) is 0. The minimum absolute atomic E-state index is 0.0987. The molecule has 0 fully saturated rings. The molecule has 3 N–H and O–H groups in total. The van der Waals surface area contributed by atoms with E-state index in [1.54, 1.807) is 12.1 Å². The van der Waals surface area contributed by atoms with Crippen molar-refractivity contribution in [1.82, 2.24) is 4.98 Å². The molecule has 0 amide bonds. The fourth-order valence-corrected chi connectivity index (χ4v) is 2.66. The van der Waals surface area contributed by atoms with Gasteiger partial charge in [0.15, 0.2) is 5.78 Å². The molecular weight excluding hydrogens is 314 g/mol. The Balaban J connectivity index is 2.22. The molecule has 6 heteroatoms. The van der Waals surface area contributed by atoms with Crippen molar-refractivity contribution in [3.63, 3.8) is 0 Å². The molecule has 0 radical (unpaired) electrons. The van der Waals surface area contributed by atoms with Crippen LogP contribution in [-0.4, -0.2) is 10.8 Å². The van der Waals surface area contributed by atoms with Crippen molar-refractivity contribution in [1.29, 1.82) is 0 Å². The summed E-state index contributed by atoms with van der Waals surface area (Å²) in [5.41, 5.74) is 6.86. The summed E-state index contributed by atoms with van der Waals surface area (Å²) >= 11 is 12.0. The number of fused-ring (bicyclic) bond motifs is 1. The van der Waals surface area contributed by atoms with Gasteiger partial charge in [0, 0.05) is 28.4 Å². The summed E-state index contributed by atoms with van der Waals surface area (Å²) in [6, 6.07) is 7.42. The van der Waals surface area contributed by atoms with Crippen LogP contribution in [0.5, 0.6) is 0 Å². The average molecular weight is 323 g/mol. The molecule has 2 aromatic carbocycles. The second-order valence-electron chi connectivity index (χ2n) is 4.56. The summed E-state index contributed by atoms with van der Waals surface area (Å²) < 4.78 is 14.0. The number of ketones is 1. The Labute approximate surface area is 129 Å². The van der Waals surface area contributed by atoms with Gasteiger partial charge in [-0.3, -0.25) is 4.79 Å². The second-order valence-corrected chi connectivity index (χ2v) is 5.34. The van der Waals surface area contributed by atoms with Crippen LogP contribution in [0.1, 0.15) is 15.9 Å². The van der Waals surface area contributed by atoms with Gasteiger partial charge in [-0.1, -0.05) is 29.3 Å². The van der Waals surface area contributed by atoms with Crippen LogP contribution >= 0.6 is 23.2 Å². The van der Waals surface area contributed by atoms with Crippen molar-refractivity contribution in [3.8, 4) is 0 Å². The molecule has 0 aliphatic carbocycles. The number of nitrogens with one attached hydrogen (secondary N) is 1. The third kappa shape index (κ3) is 2.26. The van der Waals surface area contributed by atoms with Gasteiger partial charge in [-0.05, 0) is 24.3 Å². The number of nitrogen functional groups attached to an aromatic ring is 1. The van der Waals surface area contributed by atoms with Crippen molar-refractivity contribution in [3.05, 3.63) is 63.5 Å². The molecule has 0 unspecified atom stereocenters. The predicted octanol–water partition coefficient (Wildman–Crippen LogP) is 4.43. The lowest BCUT2D eigenvalue weighted by Gasteiger charge is -2.06. The monoisotopic (exact) mass is 322 g/mol. The Kier molecular flexibility index (Phi) is 3.35. The topological polar surface area (TPSA) is 58.9 Å². The van der Waals surface area contributed by atoms with E-state index in [9.17, 15) is 9.18 Å². The molecule has 0 aliphatic rings. The summed E-state index contributed by atoms with van der Waals surface area (Å²) in [6.45, 7) is 0. The molecule has 0 spiro atoms. The van der Waals surface area contributed by atoms with Gasteiger partial charge in [-0.25, -0.2) is 4.39 Å². The highest BCUT2D eigenvalue weighted by molar-refractivity contribution is 6.44. The van der Waals surface area contributed by atoms with Crippen LogP contribution < -0.4 is 5.73 Å². The predicted molar refractivity (Wildman–Crippen MR) is 82.6 cm³/mol. The van der Waals surface area contributed by atoms with Gasteiger partial charge in [-0.2, -0.15) is 0 Å². The van der Waals surface area contributed by atoms with Crippen molar-refractivity contribution >= 4 is 45.6 Å². The van der Waals surface area contributed by atoms with E-state index in [0.717, 1.165) is 0 Å². The van der Waals surface area contributed by atoms with Crippen LogP contribution in [0, 0.1) is 5.82 Å². The average Bonchev–Trinajstić information content (AvgIpc) is 2.87. The quantitative estimate of drug-likeness (QED) is 0.541. The molecule has 1 heterocycles. The number of aromatic nitrogens is 1. The number of carbonyl (C=O) groups is 1. The lowest BCUT2D eigenvalue weighted by Crippen LogP contribution is -2.03. The molecule has 1 aromatic heterocycles. The number of aromatic amines is 1. The molecule has 0 saturated carbocycles. The van der Waals surface area contributed by atoms with Gasteiger partial charge < -0.3 is 10.7 Å². The first kappa shape index (κ1) is 13.9. The van der Waals surface area contributed by atoms with Crippen molar-refractivity contribution in [2.75, 3.05) is 5.73 Å². The Hall–Kier alpha value is -2.04. The number of anilines is 1. The van der Waals surface area contributed by atoms with E-state index < -0.39 is 11.6 Å². The van der Waals surface area contributed by atoms with Crippen molar-refractivity contribution < 1.29 is 9.18 Å². The Bertz CT molecular complexity index is 873. The van der Waals surface area contributed by atoms with Gasteiger partial charge in [-0.15, -0.1) is 0 Å². The second kappa shape index (κ2) is 5.06. The van der Waals surface area contributed by atoms with E-state index in [4.69, 9.17) is 28.9 Å². The summed E-state index contributed by atoms with van der Waals surface area (Å²) in [4.78, 5) is 15.5. The van der Waals surface area contributed by atoms with Crippen LogP contribution in [0.2, 0.25) is 10.0 Å². The summed E-state index contributed by atoms with van der Waals surface area (Å²) in [5.74, 6) is -0.922. The van der Waals surface area contributed by atoms with Gasteiger partial charge in [0.1, 0.15) is 5.82 Å². The smallest absolute Gasteiger partial charge is 0.196 e. The zero-order valence-corrected chi connectivity index (χ0v) is 12.1. The number of H-pyrrole nitrogens is 1. The van der Waals surface area contributed by atoms with E-state index in [2.05, 4.69) is 4.98 Å². The summed E-state index contributed by atoms with van der Waals surface area (Å²) in [5, 5.41) is 0.499. The Morgan fingerprint density at radius 1 is 1.19 bits per heavy atom. The number of halogens is 3. The van der Waals surface area contributed by atoms with Gasteiger partial charge in [0.2, 0.25) is 0 Å². The van der Waals surface area contributed by atoms with E-state index >= 15 is 0 Å². The van der Waals surface area contributed by atoms with Crippen LogP contribution in [0.15, 0.2) is 36.5 Å². The maximum absolute atomic E-state index is 14.0. The SMILES string of the molecule is Nc1cc(Cl)c(Cl)c(C(=O)c2c[nH]c3cccc(F)c23)c1. The lowest BCUT2D eigenvalue weighted by atomic mass is 10.0. The molecule has 0 aliphatic heterocycles. The first-order valence-corrected chi connectivity index (χ1v) is 6.79. The van der Waals surface area contributed by atoms with Gasteiger partial charge in [0.05, 0.1) is 15.6 Å². The molecular formula is C15H9Cl2FN2O. The zero-order chi connectivity index (χ0) is 15.1. The molecule has 3 aromatic rings. The van der Waals surface area contributed by atoms with E-state index in [1.807, 2.05) is 0 Å².